The normalized spacial score (nSPS) is 14.8. The molecule has 0 bridgehead atoms. The Labute approximate surface area is 119 Å². The molecule has 0 radical (unpaired) electrons. The molecule has 0 aromatic carbocycles. The molecule has 0 saturated carbocycles. The lowest BCUT2D eigenvalue weighted by Crippen LogP contribution is -2.32. The number of nitrogens with zero attached hydrogens (tertiary/aromatic N) is 2. The van der Waals surface area contributed by atoms with Crippen LogP contribution in [-0.2, 0) is 19.4 Å². The van der Waals surface area contributed by atoms with Crippen molar-refractivity contribution in [3.8, 4) is 0 Å². The van der Waals surface area contributed by atoms with Gasteiger partial charge < -0.3 is 5.32 Å². The van der Waals surface area contributed by atoms with Gasteiger partial charge in [0.2, 0.25) is 0 Å². The molecule has 104 valence electrons. The smallest absolute Gasteiger partial charge is 0.0766 e. The molecule has 0 aliphatic carbocycles. The highest BCUT2D eigenvalue weighted by atomic mass is 79.9. The third-order valence-electron chi connectivity index (χ3n) is 3.84. The molecule has 1 heterocycles. The van der Waals surface area contributed by atoms with Crippen LogP contribution >= 0.6 is 15.9 Å². The second kappa shape index (κ2) is 7.29. The molecule has 0 amide bonds. The first-order chi connectivity index (χ1) is 8.58. The summed E-state index contributed by atoms with van der Waals surface area (Å²) in [4.78, 5) is 0. The number of halogens is 1. The van der Waals surface area contributed by atoms with Crippen LogP contribution in [0.1, 0.15) is 45.5 Å². The Bertz CT molecular complexity index is 373. The third-order valence-corrected chi connectivity index (χ3v) is 4.75. The van der Waals surface area contributed by atoms with Crippen molar-refractivity contribution < 1.29 is 0 Å². The summed E-state index contributed by atoms with van der Waals surface area (Å²) in [6, 6.07) is 0.534. The predicted molar refractivity (Wildman–Crippen MR) is 81.0 cm³/mol. The van der Waals surface area contributed by atoms with Crippen molar-refractivity contribution >= 4 is 15.9 Å². The maximum absolute atomic E-state index is 4.67. The van der Waals surface area contributed by atoms with Crippen LogP contribution in [0, 0.1) is 5.92 Å². The van der Waals surface area contributed by atoms with Crippen molar-refractivity contribution in [1.82, 2.24) is 15.1 Å². The third kappa shape index (κ3) is 3.35. The predicted octanol–water partition coefficient (Wildman–Crippen LogP) is 3.40. The van der Waals surface area contributed by atoms with Crippen molar-refractivity contribution in [1.29, 1.82) is 0 Å². The minimum atomic E-state index is 0.534. The van der Waals surface area contributed by atoms with Gasteiger partial charge in [-0.15, -0.1) is 0 Å². The van der Waals surface area contributed by atoms with Crippen LogP contribution in [0.5, 0.6) is 0 Å². The van der Waals surface area contributed by atoms with Crippen molar-refractivity contribution in [2.24, 2.45) is 5.92 Å². The monoisotopic (exact) mass is 315 g/mol. The lowest BCUT2D eigenvalue weighted by Gasteiger charge is -2.22. The Morgan fingerprint density at radius 1 is 1.33 bits per heavy atom. The number of aryl methyl sites for hydroxylation is 2. The average Bonchev–Trinajstić information content (AvgIpc) is 2.71. The molecule has 2 atom stereocenters. The zero-order valence-corrected chi connectivity index (χ0v) is 13.8. The van der Waals surface area contributed by atoms with E-state index >= 15 is 0 Å². The lowest BCUT2D eigenvalue weighted by atomic mass is 9.93. The molecular weight excluding hydrogens is 290 g/mol. The number of hydrogen-bond donors (Lipinski definition) is 1. The van der Waals surface area contributed by atoms with Gasteiger partial charge in [0.25, 0.3) is 0 Å². The van der Waals surface area contributed by atoms with E-state index in [-0.39, 0.29) is 0 Å². The first-order valence-corrected chi connectivity index (χ1v) is 7.79. The highest BCUT2D eigenvalue weighted by Gasteiger charge is 2.20. The SMILES string of the molecule is CCc1nn(CC)c(CC(CC)C(C)NC)c1Br. The molecule has 2 unspecified atom stereocenters. The lowest BCUT2D eigenvalue weighted by molar-refractivity contribution is 0.371. The van der Waals surface area contributed by atoms with Crippen LogP contribution in [0.3, 0.4) is 0 Å². The van der Waals surface area contributed by atoms with Gasteiger partial charge in [-0.25, -0.2) is 0 Å². The molecule has 0 aliphatic rings. The van der Waals surface area contributed by atoms with Gasteiger partial charge in [0, 0.05) is 12.6 Å². The van der Waals surface area contributed by atoms with Gasteiger partial charge >= 0.3 is 0 Å². The molecule has 4 heteroatoms. The number of hydrogen-bond acceptors (Lipinski definition) is 2. The molecule has 18 heavy (non-hydrogen) atoms. The van der Waals surface area contributed by atoms with Gasteiger partial charge in [0.1, 0.15) is 0 Å². The summed E-state index contributed by atoms with van der Waals surface area (Å²) < 4.78 is 3.36. The fourth-order valence-electron chi connectivity index (χ4n) is 2.37. The van der Waals surface area contributed by atoms with Gasteiger partial charge in [0.05, 0.1) is 15.9 Å². The summed E-state index contributed by atoms with van der Waals surface area (Å²) in [7, 11) is 2.04. The number of nitrogens with one attached hydrogen (secondary N) is 1. The quantitative estimate of drug-likeness (QED) is 0.835. The summed E-state index contributed by atoms with van der Waals surface area (Å²) >= 11 is 3.73. The van der Waals surface area contributed by atoms with Crippen LogP contribution in [-0.4, -0.2) is 22.9 Å². The fourth-order valence-corrected chi connectivity index (χ4v) is 3.10. The van der Waals surface area contributed by atoms with E-state index in [9.17, 15) is 0 Å². The van der Waals surface area contributed by atoms with Crippen LogP contribution in [0.15, 0.2) is 4.47 Å². The van der Waals surface area contributed by atoms with E-state index < -0.39 is 0 Å². The second-order valence-electron chi connectivity index (χ2n) is 4.83. The topological polar surface area (TPSA) is 29.9 Å². The van der Waals surface area contributed by atoms with E-state index in [0.717, 1.165) is 19.4 Å². The largest absolute Gasteiger partial charge is 0.317 e. The van der Waals surface area contributed by atoms with E-state index in [4.69, 9.17) is 0 Å². The summed E-state index contributed by atoms with van der Waals surface area (Å²) in [6.07, 6.45) is 3.25. The minimum Gasteiger partial charge on any atom is -0.317 e. The fraction of sp³-hybridized carbons (Fsp3) is 0.786. The van der Waals surface area contributed by atoms with E-state index in [1.165, 1.54) is 22.3 Å². The molecule has 0 aliphatic heterocycles. The molecule has 0 fully saturated rings. The molecule has 0 spiro atoms. The number of rotatable bonds is 7. The summed E-state index contributed by atoms with van der Waals surface area (Å²) in [6.45, 7) is 9.78. The zero-order valence-electron chi connectivity index (χ0n) is 12.3. The zero-order chi connectivity index (χ0) is 13.7. The maximum atomic E-state index is 4.67. The van der Waals surface area contributed by atoms with Crippen LogP contribution in [0.2, 0.25) is 0 Å². The Morgan fingerprint density at radius 3 is 2.44 bits per heavy atom. The van der Waals surface area contributed by atoms with Gasteiger partial charge in [-0.1, -0.05) is 20.3 Å². The summed E-state index contributed by atoms with van der Waals surface area (Å²) in [5.74, 6) is 0.651. The van der Waals surface area contributed by atoms with Gasteiger partial charge in [-0.05, 0) is 55.6 Å². The summed E-state index contributed by atoms with van der Waals surface area (Å²) in [5, 5.41) is 8.04. The first-order valence-electron chi connectivity index (χ1n) is 7.00. The van der Waals surface area contributed by atoms with E-state index in [2.05, 4.69) is 58.7 Å². The second-order valence-corrected chi connectivity index (χ2v) is 5.62. The number of aromatic nitrogens is 2. The van der Waals surface area contributed by atoms with Crippen LogP contribution in [0.25, 0.3) is 0 Å². The van der Waals surface area contributed by atoms with Crippen molar-refractivity contribution in [3.63, 3.8) is 0 Å². The van der Waals surface area contributed by atoms with E-state index in [1.54, 1.807) is 0 Å². The van der Waals surface area contributed by atoms with Crippen molar-refractivity contribution in [3.05, 3.63) is 15.9 Å². The molecule has 1 rings (SSSR count). The minimum absolute atomic E-state index is 0.534. The van der Waals surface area contributed by atoms with Gasteiger partial charge in [-0.3, -0.25) is 4.68 Å². The van der Waals surface area contributed by atoms with E-state index in [0.29, 0.717) is 12.0 Å². The standard InChI is InChI=1S/C14H26BrN3/c1-6-11(10(4)16-5)9-13-14(15)12(7-2)17-18(13)8-3/h10-11,16H,6-9H2,1-5H3. The van der Waals surface area contributed by atoms with Gasteiger partial charge in [-0.2, -0.15) is 5.10 Å². The molecule has 3 nitrogen and oxygen atoms in total. The van der Waals surface area contributed by atoms with Gasteiger partial charge in [0.15, 0.2) is 0 Å². The molecule has 1 aromatic heterocycles. The van der Waals surface area contributed by atoms with Crippen molar-refractivity contribution in [2.45, 2.75) is 59.5 Å². The molecule has 1 aromatic rings. The first kappa shape index (κ1) is 15.7. The average molecular weight is 316 g/mol. The highest BCUT2D eigenvalue weighted by molar-refractivity contribution is 9.10. The van der Waals surface area contributed by atoms with Crippen molar-refractivity contribution in [2.75, 3.05) is 7.05 Å². The van der Waals surface area contributed by atoms with E-state index in [1.807, 2.05) is 7.05 Å². The summed E-state index contributed by atoms with van der Waals surface area (Å²) in [5.41, 5.74) is 2.53. The molecule has 1 N–H and O–H groups in total. The maximum Gasteiger partial charge on any atom is 0.0766 e. The molecule has 0 saturated heterocycles. The Kier molecular flexibility index (Phi) is 6.36. The van der Waals surface area contributed by atoms with Crippen LogP contribution < -0.4 is 5.32 Å². The Balaban J connectivity index is 2.97. The molecular formula is C14H26BrN3. The highest BCUT2D eigenvalue weighted by Crippen LogP contribution is 2.26. The Hall–Kier alpha value is -0.350. The van der Waals surface area contributed by atoms with Crippen LogP contribution in [0.4, 0.5) is 0 Å². The Morgan fingerprint density at radius 2 is 2.00 bits per heavy atom.